The predicted octanol–water partition coefficient (Wildman–Crippen LogP) is 1.06. The molecule has 9 heteroatoms. The normalized spacial score (nSPS) is 27.2. The lowest BCUT2D eigenvalue weighted by Gasteiger charge is -2.54. The molecule has 8 nitrogen and oxygen atoms in total. The number of nitrogens with zero attached hydrogens (tertiary/aromatic N) is 2. The van der Waals surface area contributed by atoms with Gasteiger partial charge in [0.15, 0.2) is 5.96 Å². The van der Waals surface area contributed by atoms with Gasteiger partial charge < -0.3 is 20.7 Å². The second kappa shape index (κ2) is 9.20. The molecule has 3 N–H and O–H groups in total. The lowest BCUT2D eigenvalue weighted by molar-refractivity contribution is -0.126. The highest BCUT2D eigenvalue weighted by Gasteiger charge is 2.56. The highest BCUT2D eigenvalue weighted by molar-refractivity contribution is 14.0. The van der Waals surface area contributed by atoms with Gasteiger partial charge in [-0.05, 0) is 26.2 Å². The molecule has 3 rings (SSSR count). The van der Waals surface area contributed by atoms with E-state index < -0.39 is 0 Å². The summed E-state index contributed by atoms with van der Waals surface area (Å²) >= 11 is 0. The fourth-order valence-corrected chi connectivity index (χ4v) is 4.42. The first-order valence-electron chi connectivity index (χ1n) is 9.27. The number of carbonyl (C=O) groups is 2. The maximum atomic E-state index is 11.6. The summed E-state index contributed by atoms with van der Waals surface area (Å²) in [7, 11) is 1.74. The van der Waals surface area contributed by atoms with Gasteiger partial charge in [-0.2, -0.15) is 0 Å². The van der Waals surface area contributed by atoms with Gasteiger partial charge in [-0.3, -0.25) is 14.7 Å². The van der Waals surface area contributed by atoms with Crippen LogP contribution < -0.4 is 16.0 Å². The number of nitrogens with one attached hydrogen (secondary N) is 3. The van der Waals surface area contributed by atoms with Crippen LogP contribution in [-0.2, 0) is 9.53 Å². The smallest absolute Gasteiger partial charge is 0.324 e. The molecule has 0 bridgehead atoms. The molecule has 2 atom stereocenters. The van der Waals surface area contributed by atoms with Crippen molar-refractivity contribution in [2.75, 3.05) is 33.3 Å². The minimum atomic E-state index is -0.321. The van der Waals surface area contributed by atoms with Crippen LogP contribution in [0.4, 0.5) is 4.79 Å². The molecule has 148 valence electrons. The van der Waals surface area contributed by atoms with Crippen LogP contribution in [0.5, 0.6) is 0 Å². The third-order valence-electron chi connectivity index (χ3n) is 5.79. The Morgan fingerprint density at radius 3 is 2.69 bits per heavy atom. The minimum absolute atomic E-state index is 0. The van der Waals surface area contributed by atoms with Crippen molar-refractivity contribution in [3.05, 3.63) is 0 Å². The Balaban J connectivity index is 0.00000243. The number of hydrogen-bond acceptors (Lipinski definition) is 4. The van der Waals surface area contributed by atoms with Gasteiger partial charge in [0.25, 0.3) is 0 Å². The Labute approximate surface area is 171 Å². The molecule has 2 aliphatic carbocycles. The standard InChI is InChI=1S/C17H29N5O3.HI/c1-3-25-13-10-12(17(13)6-4-5-7-17)21-15(18-2)19-8-9-22-14(23)11-20-16(22)24;/h12-13H,3-11H2,1-2H3,(H,20,24)(H2,18,19,21);1H. The number of ether oxygens (including phenoxy) is 1. The molecule has 0 aromatic heterocycles. The van der Waals surface area contributed by atoms with Crippen molar-refractivity contribution < 1.29 is 14.3 Å². The van der Waals surface area contributed by atoms with Crippen LogP contribution in [0.2, 0.25) is 0 Å². The SMILES string of the molecule is CCOC1CC(NC(=NC)NCCN2C(=O)CNC2=O)C12CCCC2.I. The fraction of sp³-hybridized carbons (Fsp3) is 0.824. The number of rotatable bonds is 6. The summed E-state index contributed by atoms with van der Waals surface area (Å²) in [6.45, 7) is 3.73. The summed E-state index contributed by atoms with van der Waals surface area (Å²) in [5.41, 5.74) is 0.235. The quantitative estimate of drug-likeness (QED) is 0.229. The van der Waals surface area contributed by atoms with E-state index in [2.05, 4.69) is 27.9 Å². The first-order valence-corrected chi connectivity index (χ1v) is 9.27. The van der Waals surface area contributed by atoms with Gasteiger partial charge in [0.2, 0.25) is 5.91 Å². The third-order valence-corrected chi connectivity index (χ3v) is 5.79. The van der Waals surface area contributed by atoms with Gasteiger partial charge >= 0.3 is 6.03 Å². The van der Waals surface area contributed by atoms with Gasteiger partial charge in [-0.1, -0.05) is 12.8 Å². The molecule has 26 heavy (non-hydrogen) atoms. The van der Waals surface area contributed by atoms with Crippen LogP contribution >= 0.6 is 24.0 Å². The average molecular weight is 479 g/mol. The number of guanidine groups is 1. The van der Waals surface area contributed by atoms with Crippen LogP contribution in [0, 0.1) is 5.41 Å². The first-order chi connectivity index (χ1) is 12.1. The summed E-state index contributed by atoms with van der Waals surface area (Å²) in [5.74, 6) is 0.538. The Hall–Kier alpha value is -1.10. The first kappa shape index (κ1) is 21.2. The highest BCUT2D eigenvalue weighted by atomic mass is 127. The molecule has 0 aromatic rings. The number of imide groups is 1. The maximum absolute atomic E-state index is 11.6. The van der Waals surface area contributed by atoms with Gasteiger partial charge in [-0.25, -0.2) is 4.79 Å². The number of carbonyl (C=O) groups excluding carboxylic acids is 2. The van der Waals surface area contributed by atoms with E-state index in [1.807, 2.05) is 0 Å². The molecule has 1 aliphatic heterocycles. The molecule has 2 unspecified atom stereocenters. The zero-order valence-electron chi connectivity index (χ0n) is 15.5. The molecule has 3 fully saturated rings. The zero-order chi connectivity index (χ0) is 17.9. The molecular formula is C17H30IN5O3. The van der Waals surface area contributed by atoms with Gasteiger partial charge in [0, 0.05) is 38.2 Å². The van der Waals surface area contributed by atoms with Crippen LogP contribution in [0.15, 0.2) is 4.99 Å². The predicted molar refractivity (Wildman–Crippen MR) is 110 cm³/mol. The van der Waals surface area contributed by atoms with Gasteiger partial charge in [0.1, 0.15) is 0 Å². The Morgan fingerprint density at radius 2 is 2.12 bits per heavy atom. The molecule has 3 aliphatic rings. The molecule has 1 spiro atoms. The van der Waals surface area contributed by atoms with E-state index in [9.17, 15) is 9.59 Å². The average Bonchev–Trinajstić information content (AvgIpc) is 3.23. The Morgan fingerprint density at radius 1 is 1.38 bits per heavy atom. The second-order valence-corrected chi connectivity index (χ2v) is 7.02. The summed E-state index contributed by atoms with van der Waals surface area (Å²) in [6.07, 6.45) is 6.28. The summed E-state index contributed by atoms with van der Waals surface area (Å²) in [5, 5.41) is 9.26. The molecule has 2 saturated carbocycles. The van der Waals surface area contributed by atoms with Gasteiger partial charge in [0.05, 0.1) is 12.6 Å². The van der Waals surface area contributed by atoms with E-state index in [4.69, 9.17) is 4.74 Å². The minimum Gasteiger partial charge on any atom is -0.378 e. The molecule has 1 saturated heterocycles. The van der Waals surface area contributed by atoms with E-state index >= 15 is 0 Å². The van der Waals surface area contributed by atoms with E-state index in [0.29, 0.717) is 25.2 Å². The largest absolute Gasteiger partial charge is 0.378 e. The number of halogens is 1. The lowest BCUT2D eigenvalue weighted by Crippen LogP contribution is -2.65. The van der Waals surface area contributed by atoms with Crippen molar-refractivity contribution in [3.63, 3.8) is 0 Å². The summed E-state index contributed by atoms with van der Waals surface area (Å²) < 4.78 is 5.94. The fourth-order valence-electron chi connectivity index (χ4n) is 4.42. The monoisotopic (exact) mass is 479 g/mol. The van der Waals surface area contributed by atoms with Crippen LogP contribution in [0.1, 0.15) is 39.0 Å². The molecule has 3 amide bonds. The number of urea groups is 1. The second-order valence-electron chi connectivity index (χ2n) is 7.02. The number of amides is 3. The van der Waals surface area contributed by atoms with Crippen molar-refractivity contribution >= 4 is 41.9 Å². The van der Waals surface area contributed by atoms with E-state index in [1.54, 1.807) is 7.05 Å². The third kappa shape index (κ3) is 4.08. The van der Waals surface area contributed by atoms with E-state index in [-0.39, 0.29) is 47.9 Å². The molecule has 0 aromatic carbocycles. The lowest BCUT2D eigenvalue weighted by atomic mass is 9.60. The van der Waals surface area contributed by atoms with Crippen molar-refractivity contribution in [1.29, 1.82) is 0 Å². The van der Waals surface area contributed by atoms with Crippen LogP contribution in [-0.4, -0.2) is 68.2 Å². The zero-order valence-corrected chi connectivity index (χ0v) is 17.9. The maximum Gasteiger partial charge on any atom is 0.324 e. The summed E-state index contributed by atoms with van der Waals surface area (Å²) in [4.78, 5) is 28.6. The van der Waals surface area contributed by atoms with Crippen LogP contribution in [0.25, 0.3) is 0 Å². The van der Waals surface area contributed by atoms with Crippen molar-refractivity contribution in [1.82, 2.24) is 20.9 Å². The number of aliphatic imine (C=N–C) groups is 1. The molecule has 0 radical (unpaired) electrons. The Kier molecular flexibility index (Phi) is 7.51. The summed E-state index contributed by atoms with van der Waals surface area (Å²) in [6, 6.07) is 0.0488. The van der Waals surface area contributed by atoms with Crippen molar-refractivity contribution in [3.8, 4) is 0 Å². The van der Waals surface area contributed by atoms with Gasteiger partial charge in [-0.15, -0.1) is 24.0 Å². The highest BCUT2D eigenvalue weighted by Crippen LogP contribution is 2.54. The van der Waals surface area contributed by atoms with Crippen molar-refractivity contribution in [2.45, 2.75) is 51.2 Å². The topological polar surface area (TPSA) is 95.1 Å². The van der Waals surface area contributed by atoms with E-state index in [0.717, 1.165) is 19.0 Å². The number of hydrogen-bond donors (Lipinski definition) is 3. The Bertz CT molecular complexity index is 535. The molecule has 1 heterocycles. The van der Waals surface area contributed by atoms with E-state index in [1.165, 1.54) is 30.6 Å². The molecular weight excluding hydrogens is 449 g/mol. The van der Waals surface area contributed by atoms with Crippen LogP contribution in [0.3, 0.4) is 0 Å². The van der Waals surface area contributed by atoms with Crippen molar-refractivity contribution in [2.24, 2.45) is 10.4 Å².